The highest BCUT2D eigenvalue weighted by molar-refractivity contribution is 5.97. The van der Waals surface area contributed by atoms with Gasteiger partial charge in [-0.05, 0) is 55.9 Å². The Balaban J connectivity index is 1.80. The monoisotopic (exact) mass is 376 g/mol. The normalized spacial score (nSPS) is 22.9. The standard InChI is InChI=1S/C22H36N2O3/c1-6-11-22(4,26-5)21(25)23-19-7-9-20(10-8-19)27-13-12-24-15-17(2)14-18(3)16-24/h7-10,17-18H,6,11-16H2,1-5H3,(H,23,25)/t17-,18+,22-/m0/s1. The third kappa shape index (κ3) is 6.51. The van der Waals surface area contributed by atoms with E-state index in [4.69, 9.17) is 9.47 Å². The highest BCUT2D eigenvalue weighted by Gasteiger charge is 2.32. The number of nitrogens with one attached hydrogen (secondary N) is 1. The fourth-order valence-electron chi connectivity index (χ4n) is 3.95. The molecular formula is C22H36N2O3. The van der Waals surface area contributed by atoms with Crippen LogP contribution in [0.15, 0.2) is 24.3 Å². The van der Waals surface area contributed by atoms with Crippen molar-refractivity contribution in [2.24, 2.45) is 11.8 Å². The Morgan fingerprint density at radius 1 is 1.22 bits per heavy atom. The van der Waals surface area contributed by atoms with E-state index in [1.165, 1.54) is 6.42 Å². The van der Waals surface area contributed by atoms with E-state index in [0.29, 0.717) is 13.0 Å². The summed E-state index contributed by atoms with van der Waals surface area (Å²) in [7, 11) is 1.58. The number of piperidine rings is 1. The van der Waals surface area contributed by atoms with Gasteiger partial charge < -0.3 is 14.8 Å². The molecule has 2 rings (SSSR count). The van der Waals surface area contributed by atoms with Crippen LogP contribution < -0.4 is 10.1 Å². The zero-order chi connectivity index (χ0) is 19.9. The van der Waals surface area contributed by atoms with Crippen molar-refractivity contribution in [1.29, 1.82) is 0 Å². The number of carbonyl (C=O) groups is 1. The van der Waals surface area contributed by atoms with Crippen molar-refractivity contribution in [1.82, 2.24) is 4.90 Å². The molecule has 0 radical (unpaired) electrons. The molecule has 1 N–H and O–H groups in total. The number of likely N-dealkylation sites (tertiary alicyclic amines) is 1. The number of rotatable bonds is 9. The molecule has 1 aliphatic rings. The number of hydrogen-bond acceptors (Lipinski definition) is 4. The molecule has 1 heterocycles. The van der Waals surface area contributed by atoms with Gasteiger partial charge in [0.2, 0.25) is 0 Å². The fourth-order valence-corrected chi connectivity index (χ4v) is 3.95. The molecule has 0 aliphatic carbocycles. The predicted octanol–water partition coefficient (Wildman–Crippen LogP) is 4.19. The van der Waals surface area contributed by atoms with Crippen molar-refractivity contribution in [2.45, 2.75) is 52.6 Å². The van der Waals surface area contributed by atoms with Crippen molar-refractivity contribution < 1.29 is 14.3 Å². The third-order valence-electron chi connectivity index (χ3n) is 5.39. The molecule has 27 heavy (non-hydrogen) atoms. The van der Waals surface area contributed by atoms with Gasteiger partial charge in [-0.2, -0.15) is 0 Å². The smallest absolute Gasteiger partial charge is 0.256 e. The summed E-state index contributed by atoms with van der Waals surface area (Å²) in [6.45, 7) is 12.5. The number of ether oxygens (including phenoxy) is 2. The molecule has 0 aromatic heterocycles. The summed E-state index contributed by atoms with van der Waals surface area (Å²) < 4.78 is 11.3. The maximum Gasteiger partial charge on any atom is 0.256 e. The average Bonchev–Trinajstić information content (AvgIpc) is 2.62. The fraction of sp³-hybridized carbons (Fsp3) is 0.682. The van der Waals surface area contributed by atoms with Crippen molar-refractivity contribution in [3.8, 4) is 5.75 Å². The minimum atomic E-state index is -0.799. The molecule has 5 nitrogen and oxygen atoms in total. The van der Waals surface area contributed by atoms with Gasteiger partial charge in [-0.3, -0.25) is 9.69 Å². The molecule has 1 aliphatic heterocycles. The first-order valence-corrected chi connectivity index (χ1v) is 10.2. The first kappa shape index (κ1) is 21.7. The second kappa shape index (κ2) is 10.1. The summed E-state index contributed by atoms with van der Waals surface area (Å²) in [5, 5.41) is 2.94. The van der Waals surface area contributed by atoms with E-state index in [2.05, 4.69) is 24.1 Å². The van der Waals surface area contributed by atoms with Gasteiger partial charge >= 0.3 is 0 Å². The highest BCUT2D eigenvalue weighted by Crippen LogP contribution is 2.22. The molecule has 0 saturated carbocycles. The van der Waals surface area contributed by atoms with Crippen LogP contribution in [-0.4, -0.2) is 49.8 Å². The molecule has 1 aromatic rings. The molecule has 3 atom stereocenters. The van der Waals surface area contributed by atoms with Gasteiger partial charge in [0.05, 0.1) is 0 Å². The zero-order valence-electron chi connectivity index (χ0n) is 17.6. The molecule has 5 heteroatoms. The van der Waals surface area contributed by atoms with Crippen molar-refractivity contribution in [2.75, 3.05) is 38.7 Å². The molecule has 1 fully saturated rings. The number of nitrogens with zero attached hydrogens (tertiary/aromatic N) is 1. The van der Waals surface area contributed by atoms with Crippen LogP contribution >= 0.6 is 0 Å². The van der Waals surface area contributed by atoms with Crippen LogP contribution in [0.2, 0.25) is 0 Å². The molecule has 1 aromatic carbocycles. The lowest BCUT2D eigenvalue weighted by molar-refractivity contribution is -0.136. The van der Waals surface area contributed by atoms with Crippen LogP contribution in [0.3, 0.4) is 0 Å². The number of carbonyl (C=O) groups excluding carboxylic acids is 1. The van der Waals surface area contributed by atoms with Crippen LogP contribution in [0.5, 0.6) is 5.75 Å². The Morgan fingerprint density at radius 3 is 2.41 bits per heavy atom. The van der Waals surface area contributed by atoms with Gasteiger partial charge in [0.25, 0.3) is 5.91 Å². The van der Waals surface area contributed by atoms with E-state index in [1.807, 2.05) is 38.1 Å². The highest BCUT2D eigenvalue weighted by atomic mass is 16.5. The number of hydrogen-bond donors (Lipinski definition) is 1. The molecule has 1 amide bonds. The first-order valence-electron chi connectivity index (χ1n) is 10.2. The van der Waals surface area contributed by atoms with Crippen LogP contribution in [0.4, 0.5) is 5.69 Å². The summed E-state index contributed by atoms with van der Waals surface area (Å²) in [4.78, 5) is 15.0. The summed E-state index contributed by atoms with van der Waals surface area (Å²) in [5.74, 6) is 2.24. The number of benzene rings is 1. The van der Waals surface area contributed by atoms with E-state index in [0.717, 1.165) is 49.3 Å². The van der Waals surface area contributed by atoms with E-state index in [-0.39, 0.29) is 5.91 Å². The van der Waals surface area contributed by atoms with Gasteiger partial charge in [-0.25, -0.2) is 0 Å². The van der Waals surface area contributed by atoms with Crippen LogP contribution in [0.25, 0.3) is 0 Å². The lowest BCUT2D eigenvalue weighted by atomic mass is 9.92. The van der Waals surface area contributed by atoms with E-state index >= 15 is 0 Å². The quantitative estimate of drug-likeness (QED) is 0.702. The number of anilines is 1. The van der Waals surface area contributed by atoms with Crippen LogP contribution in [-0.2, 0) is 9.53 Å². The molecule has 1 saturated heterocycles. The topological polar surface area (TPSA) is 50.8 Å². The van der Waals surface area contributed by atoms with E-state index in [1.54, 1.807) is 7.11 Å². The van der Waals surface area contributed by atoms with Gasteiger partial charge in [-0.1, -0.05) is 27.2 Å². The van der Waals surface area contributed by atoms with Gasteiger partial charge in [0.15, 0.2) is 0 Å². The Labute approximate surface area is 164 Å². The van der Waals surface area contributed by atoms with Gasteiger partial charge in [0, 0.05) is 32.4 Å². The minimum Gasteiger partial charge on any atom is -0.492 e. The Hall–Kier alpha value is -1.59. The largest absolute Gasteiger partial charge is 0.492 e. The van der Waals surface area contributed by atoms with Crippen LogP contribution in [0.1, 0.15) is 47.0 Å². The second-order valence-corrected chi connectivity index (χ2v) is 8.22. The molecular weight excluding hydrogens is 340 g/mol. The maximum absolute atomic E-state index is 12.5. The van der Waals surface area contributed by atoms with E-state index in [9.17, 15) is 4.79 Å². The maximum atomic E-state index is 12.5. The number of methoxy groups -OCH3 is 1. The zero-order valence-corrected chi connectivity index (χ0v) is 17.6. The Bertz CT molecular complexity index is 580. The number of amides is 1. The molecule has 152 valence electrons. The Kier molecular flexibility index (Phi) is 8.11. The predicted molar refractivity (Wildman–Crippen MR) is 110 cm³/mol. The lowest BCUT2D eigenvalue weighted by Crippen LogP contribution is -2.41. The van der Waals surface area contributed by atoms with Crippen molar-refractivity contribution in [3.05, 3.63) is 24.3 Å². The lowest BCUT2D eigenvalue weighted by Gasteiger charge is -2.34. The summed E-state index contributed by atoms with van der Waals surface area (Å²) >= 11 is 0. The summed E-state index contributed by atoms with van der Waals surface area (Å²) in [6, 6.07) is 7.56. The second-order valence-electron chi connectivity index (χ2n) is 8.22. The first-order chi connectivity index (χ1) is 12.9. The van der Waals surface area contributed by atoms with Crippen LogP contribution in [0, 0.1) is 11.8 Å². The summed E-state index contributed by atoms with van der Waals surface area (Å²) in [6.07, 6.45) is 2.90. The average molecular weight is 377 g/mol. The summed E-state index contributed by atoms with van der Waals surface area (Å²) in [5.41, 5.74) is -0.0440. The van der Waals surface area contributed by atoms with E-state index < -0.39 is 5.60 Å². The molecule has 0 bridgehead atoms. The Morgan fingerprint density at radius 2 is 1.85 bits per heavy atom. The molecule has 0 unspecified atom stereocenters. The van der Waals surface area contributed by atoms with Crippen molar-refractivity contribution >= 4 is 11.6 Å². The third-order valence-corrected chi connectivity index (χ3v) is 5.39. The van der Waals surface area contributed by atoms with Gasteiger partial charge in [-0.15, -0.1) is 0 Å². The van der Waals surface area contributed by atoms with Gasteiger partial charge in [0.1, 0.15) is 18.0 Å². The SMILES string of the molecule is CCC[C@](C)(OC)C(=O)Nc1ccc(OCCN2C[C@H](C)C[C@H](C)C2)cc1. The molecule has 0 spiro atoms. The minimum absolute atomic E-state index is 0.117. The van der Waals surface area contributed by atoms with Crippen molar-refractivity contribution in [3.63, 3.8) is 0 Å².